The van der Waals surface area contributed by atoms with Gasteiger partial charge >= 0.3 is 0 Å². The van der Waals surface area contributed by atoms with Gasteiger partial charge in [-0.25, -0.2) is 0 Å². The van der Waals surface area contributed by atoms with Gasteiger partial charge < -0.3 is 24.2 Å². The van der Waals surface area contributed by atoms with E-state index in [-0.39, 0.29) is 12.4 Å². The number of carbonyl (C=O) groups is 1. The lowest BCUT2D eigenvalue weighted by Gasteiger charge is -2.21. The Labute approximate surface area is 118 Å². The molecule has 0 aromatic heterocycles. The molecule has 6 heteroatoms. The van der Waals surface area contributed by atoms with Crippen molar-refractivity contribution in [2.75, 3.05) is 34.3 Å². The van der Waals surface area contributed by atoms with Gasteiger partial charge in [0.05, 0.1) is 33.5 Å². The number of aliphatic hydroxyl groups is 1. The third-order valence-electron chi connectivity index (χ3n) is 2.05. The van der Waals surface area contributed by atoms with Crippen molar-refractivity contribution in [2.45, 2.75) is 5.88 Å². The molecule has 0 aliphatic heterocycles. The highest BCUT2D eigenvalue weighted by molar-refractivity contribution is 6.17. The van der Waals surface area contributed by atoms with E-state index < -0.39 is 6.16 Å². The number of rotatable bonds is 4. The smallest absolute Gasteiger partial charge is 0.257 e. The zero-order valence-corrected chi connectivity index (χ0v) is 12.2. The highest BCUT2D eigenvalue weighted by atomic mass is 35.5. The van der Waals surface area contributed by atoms with Crippen LogP contribution in [0.25, 0.3) is 0 Å². The first-order valence-corrected chi connectivity index (χ1v) is 6.27. The van der Waals surface area contributed by atoms with Crippen LogP contribution < -0.4 is 9.84 Å². The molecule has 0 aliphatic rings. The van der Waals surface area contributed by atoms with Crippen molar-refractivity contribution in [3.63, 3.8) is 0 Å². The number of hydrogen-bond acceptors (Lipinski definition) is 4. The van der Waals surface area contributed by atoms with E-state index in [1.54, 1.807) is 12.1 Å². The van der Waals surface area contributed by atoms with Crippen molar-refractivity contribution in [2.24, 2.45) is 0 Å². The second kappa shape index (κ2) is 8.74. The zero-order valence-electron chi connectivity index (χ0n) is 11.4. The van der Waals surface area contributed by atoms with Gasteiger partial charge in [0.15, 0.2) is 0 Å². The fourth-order valence-electron chi connectivity index (χ4n) is 1.04. The summed E-state index contributed by atoms with van der Waals surface area (Å²) in [6, 6.07) is 6.41. The Morgan fingerprint density at radius 2 is 1.84 bits per heavy atom. The molecule has 0 atom stereocenters. The Kier molecular flexibility index (Phi) is 8.14. The summed E-state index contributed by atoms with van der Waals surface area (Å²) in [6.45, 7) is 1.11. The second-order valence-electron chi connectivity index (χ2n) is 4.87. The van der Waals surface area contributed by atoms with Gasteiger partial charge in [-0.05, 0) is 17.7 Å². The number of likely N-dealkylation sites (N-methyl/N-ethyl adjacent to an activating group) is 1. The van der Waals surface area contributed by atoms with E-state index in [4.69, 9.17) is 16.7 Å². The van der Waals surface area contributed by atoms with Crippen LogP contribution in [0.5, 0.6) is 5.75 Å². The van der Waals surface area contributed by atoms with E-state index in [1.165, 1.54) is 12.1 Å². The molecule has 0 unspecified atom stereocenters. The summed E-state index contributed by atoms with van der Waals surface area (Å²) in [5.74, 6) is 0.634. The van der Waals surface area contributed by atoms with Crippen LogP contribution in [0.3, 0.4) is 0 Å². The average Bonchev–Trinajstić information content (AvgIpc) is 2.28. The monoisotopic (exact) mass is 289 g/mol. The van der Waals surface area contributed by atoms with Crippen LogP contribution >= 0.6 is 11.6 Å². The van der Waals surface area contributed by atoms with Crippen molar-refractivity contribution in [3.8, 4) is 5.75 Å². The lowest BCUT2D eigenvalue weighted by molar-refractivity contribution is -0.870. The van der Waals surface area contributed by atoms with Gasteiger partial charge in [0.1, 0.15) is 6.54 Å². The number of aliphatic hydroxyl groups excluding tert-OH is 1. The predicted molar refractivity (Wildman–Crippen MR) is 72.0 cm³/mol. The van der Waals surface area contributed by atoms with Gasteiger partial charge in [0.2, 0.25) is 0 Å². The SMILES string of the molecule is C[N+](C)(C)CCO.O=C([O-])Oc1ccc(CCl)cc1. The van der Waals surface area contributed by atoms with Crippen LogP contribution in [0.4, 0.5) is 4.79 Å². The number of ether oxygens (including phenoxy) is 1. The molecule has 0 heterocycles. The minimum absolute atomic E-state index is 0.240. The quantitative estimate of drug-likeness (QED) is 0.386. The van der Waals surface area contributed by atoms with Crippen LogP contribution in [-0.2, 0) is 5.88 Å². The number of alkyl halides is 1. The molecule has 1 aromatic carbocycles. The molecule has 0 aliphatic carbocycles. The van der Waals surface area contributed by atoms with Crippen molar-refractivity contribution in [1.29, 1.82) is 0 Å². The van der Waals surface area contributed by atoms with Crippen LogP contribution in [-0.4, -0.2) is 50.0 Å². The second-order valence-corrected chi connectivity index (χ2v) is 5.13. The van der Waals surface area contributed by atoms with Gasteiger partial charge in [-0.15, -0.1) is 11.6 Å². The van der Waals surface area contributed by atoms with Crippen molar-refractivity contribution in [3.05, 3.63) is 29.8 Å². The molecule has 5 nitrogen and oxygen atoms in total. The van der Waals surface area contributed by atoms with E-state index >= 15 is 0 Å². The molecule has 0 amide bonds. The van der Waals surface area contributed by atoms with E-state index in [1.807, 2.05) is 0 Å². The predicted octanol–water partition coefficient (Wildman–Crippen LogP) is 0.832. The number of hydrogen-bond donors (Lipinski definition) is 1. The Hall–Kier alpha value is -1.30. The van der Waals surface area contributed by atoms with Crippen LogP contribution in [0.1, 0.15) is 5.56 Å². The maximum atomic E-state index is 9.96. The van der Waals surface area contributed by atoms with E-state index in [2.05, 4.69) is 25.9 Å². The molecule has 0 bridgehead atoms. The molecule has 0 radical (unpaired) electrons. The molecule has 0 saturated heterocycles. The molecule has 0 fully saturated rings. The molecular formula is C13H20ClNO4. The summed E-state index contributed by atoms with van der Waals surface area (Å²) in [5.41, 5.74) is 0.905. The van der Waals surface area contributed by atoms with Gasteiger partial charge in [0.25, 0.3) is 6.16 Å². The Balaban J connectivity index is 0.000000399. The number of carbonyl (C=O) groups excluding carboxylic acids is 1. The first-order valence-electron chi connectivity index (χ1n) is 5.73. The number of nitrogens with zero attached hydrogens (tertiary/aromatic N) is 1. The third kappa shape index (κ3) is 10.3. The zero-order chi connectivity index (χ0) is 14.9. The van der Waals surface area contributed by atoms with Crippen LogP contribution in [0, 0.1) is 0 Å². The van der Waals surface area contributed by atoms with Gasteiger partial charge in [0, 0.05) is 5.88 Å². The lowest BCUT2D eigenvalue weighted by Crippen LogP contribution is -2.36. The summed E-state index contributed by atoms with van der Waals surface area (Å²) in [5, 5.41) is 18.4. The summed E-state index contributed by atoms with van der Waals surface area (Å²) in [6.07, 6.45) is -1.56. The number of halogens is 1. The summed E-state index contributed by atoms with van der Waals surface area (Å²) in [4.78, 5) is 9.96. The van der Waals surface area contributed by atoms with Crippen LogP contribution in [0.15, 0.2) is 24.3 Å². The Bertz CT molecular complexity index is 373. The minimum atomic E-state index is -1.56. The van der Waals surface area contributed by atoms with Crippen molar-refractivity contribution >= 4 is 17.8 Å². The molecular weight excluding hydrogens is 270 g/mol. The van der Waals surface area contributed by atoms with E-state index in [9.17, 15) is 9.90 Å². The van der Waals surface area contributed by atoms with Crippen molar-refractivity contribution in [1.82, 2.24) is 0 Å². The normalized spacial score (nSPS) is 10.4. The topological polar surface area (TPSA) is 69.6 Å². The fraction of sp³-hybridized carbons (Fsp3) is 0.462. The molecule has 108 valence electrons. The fourth-order valence-corrected chi connectivity index (χ4v) is 1.22. The average molecular weight is 290 g/mol. The molecule has 1 aromatic rings. The summed E-state index contributed by atoms with van der Waals surface area (Å²) < 4.78 is 5.12. The standard InChI is InChI=1S/C8H7ClO3.C5H14NO/c9-5-6-1-3-7(4-2-6)12-8(10)11;1-6(2,3)4-5-7/h1-4H,5H2,(H,10,11);7H,4-5H2,1-3H3/q;+1/p-1. The maximum absolute atomic E-state index is 9.96. The van der Waals surface area contributed by atoms with Gasteiger partial charge in [-0.3, -0.25) is 0 Å². The van der Waals surface area contributed by atoms with E-state index in [0.29, 0.717) is 5.88 Å². The molecule has 1 rings (SSSR count). The molecule has 19 heavy (non-hydrogen) atoms. The molecule has 0 saturated carbocycles. The van der Waals surface area contributed by atoms with Crippen molar-refractivity contribution < 1.29 is 24.2 Å². The Morgan fingerprint density at radius 1 is 1.32 bits per heavy atom. The lowest BCUT2D eigenvalue weighted by atomic mass is 10.2. The van der Waals surface area contributed by atoms with E-state index in [0.717, 1.165) is 16.6 Å². The third-order valence-corrected chi connectivity index (χ3v) is 2.36. The maximum Gasteiger partial charge on any atom is 0.257 e. The number of carboxylic acid groups (broad SMARTS) is 1. The number of quaternary nitrogens is 1. The first kappa shape index (κ1) is 17.7. The summed E-state index contributed by atoms with van der Waals surface area (Å²) >= 11 is 5.52. The minimum Gasteiger partial charge on any atom is -0.514 e. The Morgan fingerprint density at radius 3 is 2.11 bits per heavy atom. The molecule has 0 spiro atoms. The van der Waals surface area contributed by atoms with Gasteiger partial charge in [-0.1, -0.05) is 12.1 Å². The highest BCUT2D eigenvalue weighted by Gasteiger charge is 2.02. The van der Waals surface area contributed by atoms with Gasteiger partial charge in [-0.2, -0.15) is 0 Å². The summed E-state index contributed by atoms with van der Waals surface area (Å²) in [7, 11) is 6.16. The largest absolute Gasteiger partial charge is 0.514 e. The first-order chi connectivity index (χ1) is 8.78. The molecule has 1 N–H and O–H groups in total. The van der Waals surface area contributed by atoms with Crippen LogP contribution in [0.2, 0.25) is 0 Å². The number of benzene rings is 1. The highest BCUT2D eigenvalue weighted by Crippen LogP contribution is 2.12.